The van der Waals surface area contributed by atoms with Crippen LogP contribution in [0.3, 0.4) is 0 Å². The van der Waals surface area contributed by atoms with E-state index in [-0.39, 0.29) is 0 Å². The molecule has 0 aliphatic carbocycles. The second kappa shape index (κ2) is 7.84. The van der Waals surface area contributed by atoms with Crippen LogP contribution in [0.25, 0.3) is 0 Å². The second-order valence-electron chi connectivity index (χ2n) is 5.76. The molecule has 2 heteroatoms. The fourth-order valence-corrected chi connectivity index (χ4v) is 2.33. The van der Waals surface area contributed by atoms with E-state index in [1.807, 2.05) is 13.1 Å². The van der Waals surface area contributed by atoms with Crippen LogP contribution in [-0.4, -0.2) is 19.7 Å². The number of rotatable bonds is 7. The topological polar surface area (TPSA) is 21.3 Å². The lowest BCUT2D eigenvalue weighted by atomic mass is 10.0. The van der Waals surface area contributed by atoms with E-state index >= 15 is 0 Å². The number of hydrogen-bond acceptors (Lipinski definition) is 2. The molecule has 0 bridgehead atoms. The molecule has 2 aromatic carbocycles. The van der Waals surface area contributed by atoms with E-state index in [2.05, 4.69) is 67.7 Å². The first-order chi connectivity index (χ1) is 10.2. The predicted molar refractivity (Wildman–Crippen MR) is 88.9 cm³/mol. The Hall–Kier alpha value is -1.80. The van der Waals surface area contributed by atoms with Crippen LogP contribution in [-0.2, 0) is 6.42 Å². The van der Waals surface area contributed by atoms with Gasteiger partial charge in [0.2, 0.25) is 0 Å². The Balaban J connectivity index is 1.90. The summed E-state index contributed by atoms with van der Waals surface area (Å²) in [6, 6.07) is 19.3. The van der Waals surface area contributed by atoms with E-state index in [1.54, 1.807) is 0 Å². The van der Waals surface area contributed by atoms with Crippen LogP contribution in [0.1, 0.15) is 25.0 Å². The first-order valence-electron chi connectivity index (χ1n) is 7.62. The lowest BCUT2D eigenvalue weighted by Gasteiger charge is -2.20. The number of ether oxygens (including phenoxy) is 1. The molecule has 112 valence electrons. The number of hydrogen-bond donors (Lipinski definition) is 1. The van der Waals surface area contributed by atoms with E-state index in [4.69, 9.17) is 4.74 Å². The molecule has 0 fully saturated rings. The van der Waals surface area contributed by atoms with E-state index < -0.39 is 0 Å². The molecule has 1 atom stereocenters. The van der Waals surface area contributed by atoms with Gasteiger partial charge < -0.3 is 10.1 Å². The van der Waals surface area contributed by atoms with Crippen molar-refractivity contribution in [3.05, 3.63) is 65.7 Å². The summed E-state index contributed by atoms with van der Waals surface area (Å²) in [6.45, 7) is 5.10. The third-order valence-electron chi connectivity index (χ3n) is 3.78. The molecule has 0 amide bonds. The molecule has 0 spiro atoms. The fraction of sp³-hybridized carbons (Fsp3) is 0.368. The van der Waals surface area contributed by atoms with Gasteiger partial charge in [-0.1, -0.05) is 56.3 Å². The minimum absolute atomic E-state index is 0.383. The van der Waals surface area contributed by atoms with Gasteiger partial charge in [-0.3, -0.25) is 0 Å². The van der Waals surface area contributed by atoms with Crippen molar-refractivity contribution >= 4 is 0 Å². The summed E-state index contributed by atoms with van der Waals surface area (Å²) >= 11 is 0. The minimum Gasteiger partial charge on any atom is -0.492 e. The summed E-state index contributed by atoms with van der Waals surface area (Å²) in [5.41, 5.74) is 2.64. The summed E-state index contributed by atoms with van der Waals surface area (Å²) in [5.74, 6) is 1.50. The molecule has 0 saturated carbocycles. The first-order valence-corrected chi connectivity index (χ1v) is 7.62. The molecule has 0 saturated heterocycles. The van der Waals surface area contributed by atoms with Gasteiger partial charge in [-0.15, -0.1) is 0 Å². The molecule has 2 nitrogen and oxygen atoms in total. The Morgan fingerprint density at radius 3 is 2.10 bits per heavy atom. The van der Waals surface area contributed by atoms with Crippen molar-refractivity contribution in [1.29, 1.82) is 0 Å². The zero-order valence-electron chi connectivity index (χ0n) is 13.2. The highest BCUT2D eigenvalue weighted by Gasteiger charge is 2.11. The van der Waals surface area contributed by atoms with Crippen molar-refractivity contribution in [2.45, 2.75) is 26.3 Å². The highest BCUT2D eigenvalue weighted by Crippen LogP contribution is 2.16. The summed E-state index contributed by atoms with van der Waals surface area (Å²) < 4.78 is 5.86. The molecule has 0 aliphatic heterocycles. The molecule has 2 rings (SSSR count). The van der Waals surface area contributed by atoms with E-state index in [1.165, 1.54) is 11.1 Å². The third-order valence-corrected chi connectivity index (χ3v) is 3.78. The number of benzene rings is 2. The average Bonchev–Trinajstić information content (AvgIpc) is 2.50. The Bertz CT molecular complexity index is 519. The van der Waals surface area contributed by atoms with Crippen LogP contribution in [0.2, 0.25) is 0 Å². The molecule has 1 N–H and O–H groups in total. The number of nitrogens with one attached hydrogen (secondary N) is 1. The zero-order valence-corrected chi connectivity index (χ0v) is 13.2. The molecule has 0 aromatic heterocycles. The maximum absolute atomic E-state index is 5.86. The fourth-order valence-electron chi connectivity index (χ4n) is 2.33. The molecule has 1 unspecified atom stereocenters. The maximum atomic E-state index is 5.86. The Labute approximate surface area is 128 Å². The van der Waals surface area contributed by atoms with Gasteiger partial charge >= 0.3 is 0 Å². The zero-order chi connectivity index (χ0) is 15.1. The molecule has 0 radical (unpaired) electrons. The van der Waals surface area contributed by atoms with Crippen molar-refractivity contribution in [3.63, 3.8) is 0 Å². The summed E-state index contributed by atoms with van der Waals surface area (Å²) in [6.07, 6.45) is 0.965. The monoisotopic (exact) mass is 283 g/mol. The normalized spacial score (nSPS) is 12.4. The van der Waals surface area contributed by atoms with Crippen LogP contribution >= 0.6 is 0 Å². The Morgan fingerprint density at radius 2 is 1.52 bits per heavy atom. The van der Waals surface area contributed by atoms with Crippen molar-refractivity contribution in [2.24, 2.45) is 5.92 Å². The minimum atomic E-state index is 0.383. The van der Waals surface area contributed by atoms with Crippen LogP contribution in [0.15, 0.2) is 54.6 Å². The van der Waals surface area contributed by atoms with Gasteiger partial charge in [0.25, 0.3) is 0 Å². The van der Waals surface area contributed by atoms with Gasteiger partial charge in [0.1, 0.15) is 12.4 Å². The van der Waals surface area contributed by atoms with Crippen molar-refractivity contribution in [3.8, 4) is 5.75 Å². The van der Waals surface area contributed by atoms with Gasteiger partial charge in [-0.05, 0) is 42.6 Å². The molecular formula is C19H25NO. The summed E-state index contributed by atoms with van der Waals surface area (Å²) in [7, 11) is 1.98. The molecular weight excluding hydrogens is 258 g/mol. The first kappa shape index (κ1) is 15.6. The lowest BCUT2D eigenvalue weighted by Crippen LogP contribution is -2.36. The molecule has 21 heavy (non-hydrogen) atoms. The Morgan fingerprint density at radius 1 is 0.905 bits per heavy atom. The van der Waals surface area contributed by atoms with Crippen molar-refractivity contribution < 1.29 is 4.74 Å². The van der Waals surface area contributed by atoms with Gasteiger partial charge in [0, 0.05) is 6.04 Å². The highest BCUT2D eigenvalue weighted by molar-refractivity contribution is 5.31. The average molecular weight is 283 g/mol. The third kappa shape index (κ3) is 4.91. The van der Waals surface area contributed by atoms with Gasteiger partial charge in [-0.25, -0.2) is 0 Å². The standard InChI is InChI=1S/C19H25NO/c1-15(2)19(20-3)14-21-18-11-9-17(10-12-18)13-16-7-5-4-6-8-16/h4-12,15,19-20H,13-14H2,1-3H3. The SMILES string of the molecule is CNC(COc1ccc(Cc2ccccc2)cc1)C(C)C. The smallest absolute Gasteiger partial charge is 0.119 e. The highest BCUT2D eigenvalue weighted by atomic mass is 16.5. The summed E-state index contributed by atoms with van der Waals surface area (Å²) in [5, 5.41) is 3.29. The van der Waals surface area contributed by atoms with Gasteiger partial charge in [-0.2, -0.15) is 0 Å². The van der Waals surface area contributed by atoms with E-state index in [0.29, 0.717) is 18.6 Å². The molecule has 0 heterocycles. The van der Waals surface area contributed by atoms with Crippen molar-refractivity contribution in [2.75, 3.05) is 13.7 Å². The van der Waals surface area contributed by atoms with Crippen LogP contribution < -0.4 is 10.1 Å². The van der Waals surface area contributed by atoms with Crippen molar-refractivity contribution in [1.82, 2.24) is 5.32 Å². The predicted octanol–water partition coefficient (Wildman–Crippen LogP) is 3.90. The second-order valence-corrected chi connectivity index (χ2v) is 5.76. The molecule has 0 aliphatic rings. The maximum Gasteiger partial charge on any atom is 0.119 e. The molecule has 2 aromatic rings. The van der Waals surface area contributed by atoms with Crippen LogP contribution in [0.5, 0.6) is 5.75 Å². The van der Waals surface area contributed by atoms with Gasteiger partial charge in [0.05, 0.1) is 0 Å². The van der Waals surface area contributed by atoms with E-state index in [9.17, 15) is 0 Å². The quantitative estimate of drug-likeness (QED) is 0.832. The van der Waals surface area contributed by atoms with E-state index in [0.717, 1.165) is 12.2 Å². The van der Waals surface area contributed by atoms with Crippen LogP contribution in [0, 0.1) is 5.92 Å². The largest absolute Gasteiger partial charge is 0.492 e. The summed E-state index contributed by atoms with van der Waals surface area (Å²) in [4.78, 5) is 0. The number of likely N-dealkylation sites (N-methyl/N-ethyl adjacent to an activating group) is 1. The van der Waals surface area contributed by atoms with Gasteiger partial charge in [0.15, 0.2) is 0 Å². The lowest BCUT2D eigenvalue weighted by molar-refractivity contribution is 0.238. The Kier molecular flexibility index (Phi) is 5.82. The van der Waals surface area contributed by atoms with Crippen LogP contribution in [0.4, 0.5) is 0 Å².